The first kappa shape index (κ1) is 26.9. The van der Waals surface area contributed by atoms with Crippen LogP contribution in [0.5, 0.6) is 0 Å². The Morgan fingerprint density at radius 3 is 1.76 bits per heavy atom. The number of para-hydroxylation sites is 1. The maximum absolute atomic E-state index is 10.1. The standard InChI is InChI=1S/C40H21N5/c1-44-36-17-9-14-30(25-43)40(36)35-21-34-32-19-18-27(39-28(23-41)12-8-13-29(39)24-42)20-37(32)45(31-15-6-3-7-16-31)38(34)22-33(35)26-10-4-2-5-11-26/h2-22H. The van der Waals surface area contributed by atoms with Crippen LogP contribution in [0.15, 0.2) is 127 Å². The van der Waals surface area contributed by atoms with Crippen molar-refractivity contribution in [2.45, 2.75) is 0 Å². The zero-order chi connectivity index (χ0) is 30.9. The highest BCUT2D eigenvalue weighted by atomic mass is 15.0. The van der Waals surface area contributed by atoms with Crippen LogP contribution < -0.4 is 0 Å². The first-order valence-corrected chi connectivity index (χ1v) is 14.2. The van der Waals surface area contributed by atoms with E-state index in [2.05, 4.69) is 39.8 Å². The lowest BCUT2D eigenvalue weighted by Crippen LogP contribution is -1.96. The molecule has 0 bridgehead atoms. The number of nitrogens with zero attached hydrogens (tertiary/aromatic N) is 5. The molecule has 0 atom stereocenters. The van der Waals surface area contributed by atoms with E-state index in [0.29, 0.717) is 33.5 Å². The smallest absolute Gasteiger partial charge is 0.196 e. The average Bonchev–Trinajstić information content (AvgIpc) is 3.43. The summed E-state index contributed by atoms with van der Waals surface area (Å²) in [6.45, 7) is 7.93. The van der Waals surface area contributed by atoms with E-state index in [9.17, 15) is 15.8 Å². The van der Waals surface area contributed by atoms with Gasteiger partial charge in [0.2, 0.25) is 0 Å². The average molecular weight is 572 g/mol. The van der Waals surface area contributed by atoms with Crippen LogP contribution in [0.2, 0.25) is 0 Å². The number of rotatable bonds is 4. The topological polar surface area (TPSA) is 80.7 Å². The van der Waals surface area contributed by atoms with Gasteiger partial charge in [0.25, 0.3) is 0 Å². The summed E-state index contributed by atoms with van der Waals surface area (Å²) in [5.41, 5.74) is 9.16. The summed E-state index contributed by atoms with van der Waals surface area (Å²) in [6, 6.07) is 47.5. The Labute approximate surface area is 260 Å². The molecule has 0 saturated heterocycles. The fourth-order valence-electron chi connectivity index (χ4n) is 6.20. The van der Waals surface area contributed by atoms with Crippen LogP contribution in [0.25, 0.3) is 65.7 Å². The zero-order valence-electron chi connectivity index (χ0n) is 23.9. The Balaban J connectivity index is 1.65. The molecular weight excluding hydrogens is 550 g/mol. The molecule has 6 aromatic carbocycles. The van der Waals surface area contributed by atoms with Crippen molar-refractivity contribution in [3.05, 3.63) is 156 Å². The number of fused-ring (bicyclic) bond motifs is 3. The minimum absolute atomic E-state index is 0.414. The fourth-order valence-corrected chi connectivity index (χ4v) is 6.20. The predicted molar refractivity (Wildman–Crippen MR) is 177 cm³/mol. The number of benzene rings is 6. The SMILES string of the molecule is [C-]#[N+]c1cccc(C#N)c1-c1cc2c3ccc(-c4c(C#N)cccc4C#N)cc3n(-c3ccccc3)c2cc1-c1ccccc1. The van der Waals surface area contributed by atoms with E-state index in [1.54, 1.807) is 36.4 Å². The third kappa shape index (κ3) is 4.38. The van der Waals surface area contributed by atoms with E-state index in [-0.39, 0.29) is 0 Å². The van der Waals surface area contributed by atoms with Crippen LogP contribution in [0.3, 0.4) is 0 Å². The van der Waals surface area contributed by atoms with Crippen molar-refractivity contribution in [2.24, 2.45) is 0 Å². The van der Waals surface area contributed by atoms with Crippen LogP contribution in [-0.4, -0.2) is 4.57 Å². The summed E-state index contributed by atoms with van der Waals surface area (Å²) in [5.74, 6) is 0. The molecule has 0 spiro atoms. The van der Waals surface area contributed by atoms with Crippen LogP contribution in [0, 0.1) is 40.6 Å². The van der Waals surface area contributed by atoms with Gasteiger partial charge in [-0.1, -0.05) is 78.9 Å². The third-order valence-electron chi connectivity index (χ3n) is 8.15. The summed E-state index contributed by atoms with van der Waals surface area (Å²) < 4.78 is 2.19. The molecule has 7 aromatic rings. The maximum atomic E-state index is 10.1. The Hall–Kier alpha value is -6.92. The summed E-state index contributed by atoms with van der Waals surface area (Å²) in [6.07, 6.45) is 0. The van der Waals surface area contributed by atoms with Crippen molar-refractivity contribution in [1.82, 2.24) is 4.57 Å². The molecule has 1 aromatic heterocycles. The van der Waals surface area contributed by atoms with Gasteiger partial charge in [0, 0.05) is 33.2 Å². The minimum Gasteiger partial charge on any atom is -0.309 e. The molecule has 0 unspecified atom stereocenters. The first-order valence-electron chi connectivity index (χ1n) is 14.2. The molecule has 5 heteroatoms. The molecule has 0 fully saturated rings. The van der Waals surface area contributed by atoms with Gasteiger partial charge in [-0.2, -0.15) is 15.8 Å². The van der Waals surface area contributed by atoms with Crippen molar-refractivity contribution in [3.8, 4) is 57.3 Å². The third-order valence-corrected chi connectivity index (χ3v) is 8.15. The highest BCUT2D eigenvalue weighted by Gasteiger charge is 2.22. The highest BCUT2D eigenvalue weighted by Crippen LogP contribution is 2.45. The van der Waals surface area contributed by atoms with Gasteiger partial charge in [0.05, 0.1) is 46.9 Å². The Morgan fingerprint density at radius 1 is 0.511 bits per heavy atom. The lowest BCUT2D eigenvalue weighted by molar-refractivity contribution is 1.18. The zero-order valence-corrected chi connectivity index (χ0v) is 23.9. The van der Waals surface area contributed by atoms with E-state index >= 15 is 0 Å². The van der Waals surface area contributed by atoms with Gasteiger partial charge in [0.15, 0.2) is 5.69 Å². The molecule has 7 rings (SSSR count). The monoisotopic (exact) mass is 571 g/mol. The molecule has 0 N–H and O–H groups in total. The molecule has 1 heterocycles. The molecule has 0 amide bonds. The second-order valence-corrected chi connectivity index (χ2v) is 10.6. The molecule has 5 nitrogen and oxygen atoms in total. The summed E-state index contributed by atoms with van der Waals surface area (Å²) >= 11 is 0. The highest BCUT2D eigenvalue weighted by molar-refractivity contribution is 6.14. The molecule has 0 radical (unpaired) electrons. The van der Waals surface area contributed by atoms with Crippen LogP contribution in [-0.2, 0) is 0 Å². The lowest BCUT2D eigenvalue weighted by Gasteiger charge is -2.15. The molecular formula is C40H21N5. The van der Waals surface area contributed by atoms with E-state index in [4.69, 9.17) is 6.57 Å². The van der Waals surface area contributed by atoms with Gasteiger partial charge >= 0.3 is 0 Å². The number of hydrogen-bond acceptors (Lipinski definition) is 3. The van der Waals surface area contributed by atoms with E-state index in [0.717, 1.165) is 49.7 Å². The predicted octanol–water partition coefficient (Wildman–Crippen LogP) is 9.95. The lowest BCUT2D eigenvalue weighted by atomic mass is 9.89. The van der Waals surface area contributed by atoms with Gasteiger partial charge < -0.3 is 4.57 Å². The normalized spacial score (nSPS) is 10.6. The first-order chi connectivity index (χ1) is 22.2. The van der Waals surface area contributed by atoms with Crippen LogP contribution in [0.1, 0.15) is 16.7 Å². The minimum atomic E-state index is 0.414. The largest absolute Gasteiger partial charge is 0.309 e. The van der Waals surface area contributed by atoms with Crippen LogP contribution in [0.4, 0.5) is 5.69 Å². The molecule has 0 aliphatic heterocycles. The van der Waals surface area contributed by atoms with E-state index in [1.165, 1.54) is 0 Å². The summed E-state index contributed by atoms with van der Waals surface area (Å²) in [5, 5.41) is 31.9. The second-order valence-electron chi connectivity index (χ2n) is 10.6. The van der Waals surface area contributed by atoms with Crippen molar-refractivity contribution in [1.29, 1.82) is 15.8 Å². The van der Waals surface area contributed by atoms with E-state index < -0.39 is 0 Å². The maximum Gasteiger partial charge on any atom is 0.196 e. The number of hydrogen-bond donors (Lipinski definition) is 0. The molecule has 0 aliphatic rings. The molecule has 0 saturated carbocycles. The Morgan fingerprint density at radius 2 is 1.11 bits per heavy atom. The van der Waals surface area contributed by atoms with Gasteiger partial charge in [-0.15, -0.1) is 0 Å². The molecule has 45 heavy (non-hydrogen) atoms. The van der Waals surface area contributed by atoms with Gasteiger partial charge in [-0.3, -0.25) is 0 Å². The van der Waals surface area contributed by atoms with Crippen molar-refractivity contribution in [3.63, 3.8) is 0 Å². The van der Waals surface area contributed by atoms with Crippen molar-refractivity contribution < 1.29 is 0 Å². The van der Waals surface area contributed by atoms with E-state index in [1.807, 2.05) is 78.9 Å². The van der Waals surface area contributed by atoms with Crippen molar-refractivity contribution in [2.75, 3.05) is 0 Å². The number of aromatic nitrogens is 1. The van der Waals surface area contributed by atoms with Crippen LogP contribution >= 0.6 is 0 Å². The Kier molecular flexibility index (Phi) is 6.62. The van der Waals surface area contributed by atoms with Gasteiger partial charge in [-0.25, -0.2) is 4.85 Å². The Bertz CT molecular complexity index is 2400. The fraction of sp³-hybridized carbons (Fsp3) is 0. The van der Waals surface area contributed by atoms with Gasteiger partial charge in [0.1, 0.15) is 0 Å². The van der Waals surface area contributed by atoms with Gasteiger partial charge in [-0.05, 0) is 70.8 Å². The quantitative estimate of drug-likeness (QED) is 0.197. The second kappa shape index (κ2) is 11.1. The summed E-state index contributed by atoms with van der Waals surface area (Å²) in [7, 11) is 0. The molecule has 206 valence electrons. The number of nitriles is 3. The summed E-state index contributed by atoms with van der Waals surface area (Å²) in [4.78, 5) is 3.80. The van der Waals surface area contributed by atoms with Crippen molar-refractivity contribution >= 4 is 27.5 Å². The molecule has 0 aliphatic carbocycles.